The predicted molar refractivity (Wildman–Crippen MR) is 84.5 cm³/mol. The minimum atomic E-state index is -4.49. The SMILES string of the molecule is CC(C)CC(O)Nc1nc2ccc(C(F)(F)F)nc2n1C1CCC1. The fourth-order valence-corrected chi connectivity index (χ4v) is 2.88. The number of hydrogen-bond donors (Lipinski definition) is 2. The van der Waals surface area contributed by atoms with Gasteiger partial charge in [-0.15, -0.1) is 0 Å². The summed E-state index contributed by atoms with van der Waals surface area (Å²) in [6, 6.07) is 2.34. The Morgan fingerprint density at radius 2 is 2.00 bits per heavy atom. The molecule has 3 rings (SSSR count). The van der Waals surface area contributed by atoms with Crippen molar-refractivity contribution >= 4 is 17.1 Å². The van der Waals surface area contributed by atoms with Crippen LogP contribution in [0.4, 0.5) is 19.1 Å². The Bertz CT molecular complexity index is 722. The monoisotopic (exact) mass is 342 g/mol. The van der Waals surface area contributed by atoms with Crippen LogP contribution in [0.25, 0.3) is 11.2 Å². The van der Waals surface area contributed by atoms with Gasteiger partial charge in [-0.3, -0.25) is 4.57 Å². The highest BCUT2D eigenvalue weighted by molar-refractivity contribution is 5.75. The molecule has 5 nitrogen and oxygen atoms in total. The second-order valence-electron chi connectivity index (χ2n) is 6.72. The highest BCUT2D eigenvalue weighted by atomic mass is 19.4. The number of aliphatic hydroxyl groups excluding tert-OH is 1. The Morgan fingerprint density at radius 1 is 1.29 bits per heavy atom. The Kier molecular flexibility index (Phi) is 4.42. The number of hydrogen-bond acceptors (Lipinski definition) is 4. The van der Waals surface area contributed by atoms with Crippen molar-refractivity contribution < 1.29 is 18.3 Å². The number of aromatic nitrogens is 3. The van der Waals surface area contributed by atoms with Crippen molar-refractivity contribution in [2.45, 2.75) is 58.0 Å². The summed E-state index contributed by atoms with van der Waals surface area (Å²) in [5, 5.41) is 13.0. The first-order valence-corrected chi connectivity index (χ1v) is 8.16. The first-order valence-electron chi connectivity index (χ1n) is 8.16. The van der Waals surface area contributed by atoms with Gasteiger partial charge < -0.3 is 10.4 Å². The average Bonchev–Trinajstić information content (AvgIpc) is 2.72. The number of halogens is 3. The van der Waals surface area contributed by atoms with Gasteiger partial charge in [0.15, 0.2) is 5.65 Å². The van der Waals surface area contributed by atoms with Crippen molar-refractivity contribution in [1.29, 1.82) is 0 Å². The molecule has 0 spiro atoms. The fourth-order valence-electron chi connectivity index (χ4n) is 2.88. The average molecular weight is 342 g/mol. The number of nitrogens with one attached hydrogen (secondary N) is 1. The van der Waals surface area contributed by atoms with Crippen LogP contribution < -0.4 is 5.32 Å². The highest BCUT2D eigenvalue weighted by Crippen LogP contribution is 2.38. The van der Waals surface area contributed by atoms with E-state index in [9.17, 15) is 18.3 Å². The number of alkyl halides is 3. The van der Waals surface area contributed by atoms with E-state index < -0.39 is 18.1 Å². The maximum Gasteiger partial charge on any atom is 0.433 e. The van der Waals surface area contributed by atoms with Crippen molar-refractivity contribution in [2.75, 3.05) is 5.32 Å². The minimum absolute atomic E-state index is 0.0692. The van der Waals surface area contributed by atoms with Crippen molar-refractivity contribution in [1.82, 2.24) is 14.5 Å². The van der Waals surface area contributed by atoms with E-state index in [1.54, 1.807) is 4.57 Å². The number of imidazole rings is 1. The number of aliphatic hydroxyl groups is 1. The van der Waals surface area contributed by atoms with Gasteiger partial charge in [-0.05, 0) is 43.7 Å². The third-order valence-corrected chi connectivity index (χ3v) is 4.26. The molecule has 0 aliphatic heterocycles. The number of pyridine rings is 1. The summed E-state index contributed by atoms with van der Waals surface area (Å²) in [6.07, 6.45) is -2.00. The molecular weight excluding hydrogens is 321 g/mol. The van der Waals surface area contributed by atoms with Gasteiger partial charge in [0.2, 0.25) is 5.95 Å². The lowest BCUT2D eigenvalue weighted by Gasteiger charge is -2.29. The predicted octanol–water partition coefficient (Wildman–Crippen LogP) is 3.95. The van der Waals surface area contributed by atoms with Gasteiger partial charge in [-0.1, -0.05) is 13.8 Å². The third kappa shape index (κ3) is 3.33. The van der Waals surface area contributed by atoms with Gasteiger partial charge in [-0.25, -0.2) is 9.97 Å². The van der Waals surface area contributed by atoms with Gasteiger partial charge >= 0.3 is 6.18 Å². The van der Waals surface area contributed by atoms with Crippen LogP contribution in [-0.2, 0) is 6.18 Å². The van der Waals surface area contributed by atoms with Crippen LogP contribution >= 0.6 is 0 Å². The van der Waals surface area contributed by atoms with Crippen LogP contribution in [-0.4, -0.2) is 25.9 Å². The maximum atomic E-state index is 13.0. The third-order valence-electron chi connectivity index (χ3n) is 4.26. The normalized spacial score (nSPS) is 17.3. The molecule has 0 amide bonds. The zero-order valence-electron chi connectivity index (χ0n) is 13.6. The molecule has 1 unspecified atom stereocenters. The standard InChI is InChI=1S/C16H21F3N4O/c1-9(2)8-13(24)22-15-20-11-6-7-12(16(17,18)19)21-14(11)23(15)10-4-3-5-10/h6-7,9-10,13,24H,3-5,8H2,1-2H3,(H,20,22). The topological polar surface area (TPSA) is 63.0 Å². The molecule has 1 fully saturated rings. The zero-order valence-corrected chi connectivity index (χ0v) is 13.6. The second kappa shape index (κ2) is 6.23. The fraction of sp³-hybridized carbons (Fsp3) is 0.625. The molecule has 24 heavy (non-hydrogen) atoms. The molecule has 1 saturated carbocycles. The van der Waals surface area contributed by atoms with E-state index in [1.165, 1.54) is 6.07 Å². The molecule has 1 aliphatic carbocycles. The molecule has 2 aromatic heterocycles. The molecule has 0 bridgehead atoms. The lowest BCUT2D eigenvalue weighted by molar-refractivity contribution is -0.141. The van der Waals surface area contributed by atoms with Gasteiger partial charge in [0.1, 0.15) is 17.4 Å². The smallest absolute Gasteiger partial charge is 0.374 e. The summed E-state index contributed by atoms with van der Waals surface area (Å²) in [5.74, 6) is 0.665. The summed E-state index contributed by atoms with van der Waals surface area (Å²) >= 11 is 0. The molecule has 0 radical (unpaired) electrons. The van der Waals surface area contributed by atoms with E-state index in [4.69, 9.17) is 0 Å². The van der Waals surface area contributed by atoms with E-state index in [0.29, 0.717) is 17.9 Å². The molecular formula is C16H21F3N4O. The molecule has 1 atom stereocenters. The molecule has 2 N–H and O–H groups in total. The van der Waals surface area contributed by atoms with Crippen molar-refractivity contribution in [3.63, 3.8) is 0 Å². The maximum absolute atomic E-state index is 13.0. The quantitative estimate of drug-likeness (QED) is 0.808. The molecule has 0 aromatic carbocycles. The number of nitrogens with zero attached hydrogens (tertiary/aromatic N) is 3. The van der Waals surface area contributed by atoms with Crippen molar-refractivity contribution in [2.24, 2.45) is 5.92 Å². The molecule has 132 valence electrons. The molecule has 0 saturated heterocycles. The second-order valence-corrected chi connectivity index (χ2v) is 6.72. The highest BCUT2D eigenvalue weighted by Gasteiger charge is 2.34. The van der Waals surface area contributed by atoms with E-state index in [1.807, 2.05) is 13.8 Å². The lowest BCUT2D eigenvalue weighted by Crippen LogP contribution is -2.26. The summed E-state index contributed by atoms with van der Waals surface area (Å²) in [4.78, 5) is 8.14. The molecule has 8 heteroatoms. The van der Waals surface area contributed by atoms with Gasteiger partial charge in [0.05, 0.1) is 0 Å². The number of anilines is 1. The molecule has 2 aromatic rings. The largest absolute Gasteiger partial charge is 0.433 e. The summed E-state index contributed by atoms with van der Waals surface area (Å²) < 4.78 is 40.6. The minimum Gasteiger partial charge on any atom is -0.374 e. The van der Waals surface area contributed by atoms with Crippen LogP contribution in [0.3, 0.4) is 0 Å². The first kappa shape index (κ1) is 17.0. The first-order chi connectivity index (χ1) is 11.3. The summed E-state index contributed by atoms with van der Waals surface area (Å²) in [7, 11) is 0. The zero-order chi connectivity index (χ0) is 17.5. The van der Waals surface area contributed by atoms with Crippen LogP contribution in [0.2, 0.25) is 0 Å². The summed E-state index contributed by atoms with van der Waals surface area (Å²) in [6.45, 7) is 3.97. The van der Waals surface area contributed by atoms with Gasteiger partial charge in [0, 0.05) is 6.04 Å². The van der Waals surface area contributed by atoms with E-state index >= 15 is 0 Å². The van der Waals surface area contributed by atoms with Crippen LogP contribution in [0.1, 0.15) is 51.3 Å². The number of fused-ring (bicyclic) bond motifs is 1. The van der Waals surface area contributed by atoms with E-state index in [2.05, 4.69) is 15.3 Å². The van der Waals surface area contributed by atoms with Gasteiger partial charge in [-0.2, -0.15) is 13.2 Å². The Hall–Kier alpha value is -1.83. The van der Waals surface area contributed by atoms with Gasteiger partial charge in [0.25, 0.3) is 0 Å². The van der Waals surface area contributed by atoms with Crippen LogP contribution in [0.15, 0.2) is 12.1 Å². The molecule has 1 aliphatic rings. The van der Waals surface area contributed by atoms with Crippen molar-refractivity contribution in [3.05, 3.63) is 17.8 Å². The number of rotatable bonds is 5. The van der Waals surface area contributed by atoms with E-state index in [-0.39, 0.29) is 17.6 Å². The summed E-state index contributed by atoms with van der Waals surface area (Å²) in [5.41, 5.74) is -0.312. The Labute approximate surface area is 137 Å². The van der Waals surface area contributed by atoms with Crippen LogP contribution in [0, 0.1) is 5.92 Å². The van der Waals surface area contributed by atoms with Crippen LogP contribution in [0.5, 0.6) is 0 Å². The molecule has 2 heterocycles. The van der Waals surface area contributed by atoms with E-state index in [0.717, 1.165) is 25.3 Å². The Balaban J connectivity index is 2.01. The lowest BCUT2D eigenvalue weighted by atomic mass is 9.93. The van der Waals surface area contributed by atoms with Crippen molar-refractivity contribution in [3.8, 4) is 0 Å². The Morgan fingerprint density at radius 3 is 2.54 bits per heavy atom.